The van der Waals surface area contributed by atoms with Gasteiger partial charge >= 0.3 is 0 Å². The van der Waals surface area contributed by atoms with E-state index in [0.29, 0.717) is 0 Å². The number of aryl methyl sites for hydroxylation is 2. The maximum Gasteiger partial charge on any atom is 0.225 e. The molecule has 0 aliphatic heterocycles. The second kappa shape index (κ2) is 5.91. The highest BCUT2D eigenvalue weighted by molar-refractivity contribution is 9.10. The van der Waals surface area contributed by atoms with E-state index in [1.54, 1.807) is 11.3 Å². The second-order valence-electron chi connectivity index (χ2n) is 4.77. The minimum atomic E-state index is 0.265. The van der Waals surface area contributed by atoms with Crippen LogP contribution in [0.4, 0.5) is 11.5 Å². The van der Waals surface area contributed by atoms with Crippen LogP contribution in [0.3, 0.4) is 0 Å². The lowest BCUT2D eigenvalue weighted by molar-refractivity contribution is 1.19. The molecule has 0 unspecified atom stereocenters. The molecule has 21 heavy (non-hydrogen) atoms. The molecule has 0 aliphatic carbocycles. The lowest BCUT2D eigenvalue weighted by Gasteiger charge is -2.08. The van der Waals surface area contributed by atoms with Crippen LogP contribution in [0.1, 0.15) is 17.4 Å². The summed E-state index contributed by atoms with van der Waals surface area (Å²) < 4.78 is 1.03. The molecule has 0 atom stereocenters. The molecular weight excluding hydrogens is 370 g/mol. The molecule has 108 valence electrons. The van der Waals surface area contributed by atoms with Crippen molar-refractivity contribution < 1.29 is 0 Å². The van der Waals surface area contributed by atoms with Crippen LogP contribution < -0.4 is 5.32 Å². The summed E-state index contributed by atoms with van der Waals surface area (Å²) in [5, 5.41) is 4.63. The molecule has 0 aliphatic rings. The number of rotatable bonds is 3. The average molecular weight is 383 g/mol. The first-order valence-electron chi connectivity index (χ1n) is 6.55. The van der Waals surface area contributed by atoms with Crippen LogP contribution in [-0.2, 0) is 6.42 Å². The summed E-state index contributed by atoms with van der Waals surface area (Å²) in [4.78, 5) is 10.8. The first-order valence-corrected chi connectivity index (χ1v) is 8.54. The van der Waals surface area contributed by atoms with Gasteiger partial charge in [-0.25, -0.2) is 4.98 Å². The van der Waals surface area contributed by atoms with Gasteiger partial charge in [-0.3, -0.25) is 0 Å². The molecule has 1 N–H and O–H groups in total. The molecule has 6 heteroatoms. The Kier molecular flexibility index (Phi) is 4.15. The van der Waals surface area contributed by atoms with Crippen LogP contribution in [0.5, 0.6) is 0 Å². The monoisotopic (exact) mass is 381 g/mol. The molecule has 0 fully saturated rings. The van der Waals surface area contributed by atoms with Gasteiger partial charge in [0.1, 0.15) is 10.6 Å². The Balaban J connectivity index is 2.08. The van der Waals surface area contributed by atoms with E-state index in [1.165, 1.54) is 10.4 Å². The van der Waals surface area contributed by atoms with Crippen molar-refractivity contribution in [2.75, 3.05) is 5.32 Å². The number of anilines is 2. The van der Waals surface area contributed by atoms with Gasteiger partial charge in [0.2, 0.25) is 5.28 Å². The summed E-state index contributed by atoms with van der Waals surface area (Å²) in [6.45, 7) is 4.18. The zero-order valence-corrected chi connectivity index (χ0v) is 14.7. The van der Waals surface area contributed by atoms with E-state index in [1.807, 2.05) is 6.07 Å². The minimum Gasteiger partial charge on any atom is -0.340 e. The fraction of sp³-hybridized carbons (Fsp3) is 0.200. The van der Waals surface area contributed by atoms with Crippen molar-refractivity contribution in [3.05, 3.63) is 44.5 Å². The highest BCUT2D eigenvalue weighted by Crippen LogP contribution is 2.32. The Hall–Kier alpha value is -1.17. The van der Waals surface area contributed by atoms with Crippen LogP contribution in [-0.4, -0.2) is 9.97 Å². The van der Waals surface area contributed by atoms with Crippen LogP contribution in [0.15, 0.2) is 28.7 Å². The zero-order valence-electron chi connectivity index (χ0n) is 11.6. The average Bonchev–Trinajstić information content (AvgIpc) is 2.80. The van der Waals surface area contributed by atoms with Gasteiger partial charge in [-0.15, -0.1) is 11.3 Å². The van der Waals surface area contributed by atoms with Crippen LogP contribution in [0.25, 0.3) is 10.2 Å². The summed E-state index contributed by atoms with van der Waals surface area (Å²) in [5.74, 6) is 0.749. The standard InChI is InChI=1S/C15H13BrClN3S/c1-3-11-7-12-13(19-15(17)20-14(12)21-11)18-10-5-8(2)4-9(16)6-10/h4-7H,3H2,1-2H3,(H,18,19,20). The van der Waals surface area contributed by atoms with Crippen LogP contribution in [0, 0.1) is 6.92 Å². The van der Waals surface area contributed by atoms with Gasteiger partial charge in [-0.1, -0.05) is 22.9 Å². The highest BCUT2D eigenvalue weighted by atomic mass is 79.9. The van der Waals surface area contributed by atoms with Gasteiger partial charge in [0.25, 0.3) is 0 Å². The predicted octanol–water partition coefficient (Wildman–Crippen LogP) is 5.72. The normalized spacial score (nSPS) is 11.0. The molecule has 2 aromatic heterocycles. The number of nitrogens with zero attached hydrogens (tertiary/aromatic N) is 2. The van der Waals surface area contributed by atoms with Crippen molar-refractivity contribution in [3.63, 3.8) is 0 Å². The van der Waals surface area contributed by atoms with Crippen molar-refractivity contribution in [2.24, 2.45) is 0 Å². The van der Waals surface area contributed by atoms with Gasteiger partial charge < -0.3 is 5.32 Å². The number of thiophene rings is 1. The first kappa shape index (κ1) is 14.8. The van der Waals surface area contributed by atoms with Gasteiger partial charge in [-0.2, -0.15) is 4.98 Å². The number of nitrogens with one attached hydrogen (secondary N) is 1. The van der Waals surface area contributed by atoms with E-state index in [2.05, 4.69) is 63.3 Å². The van der Waals surface area contributed by atoms with Crippen LogP contribution in [0.2, 0.25) is 5.28 Å². The van der Waals surface area contributed by atoms with Crippen molar-refractivity contribution in [1.82, 2.24) is 9.97 Å². The van der Waals surface area contributed by atoms with E-state index < -0.39 is 0 Å². The Morgan fingerprint density at radius 1 is 1.24 bits per heavy atom. The van der Waals surface area contributed by atoms with Crippen LogP contribution >= 0.6 is 38.9 Å². The molecule has 0 spiro atoms. The minimum absolute atomic E-state index is 0.265. The number of hydrogen-bond acceptors (Lipinski definition) is 4. The molecule has 1 aromatic carbocycles. The molecule has 0 amide bonds. The van der Waals surface area contributed by atoms with E-state index in [0.717, 1.165) is 32.6 Å². The summed E-state index contributed by atoms with van der Waals surface area (Å²) in [7, 11) is 0. The molecule has 3 rings (SSSR count). The number of fused-ring (bicyclic) bond motifs is 1. The lowest BCUT2D eigenvalue weighted by atomic mass is 10.2. The summed E-state index contributed by atoms with van der Waals surface area (Å²) in [5.41, 5.74) is 2.14. The Morgan fingerprint density at radius 2 is 2.05 bits per heavy atom. The van der Waals surface area contributed by atoms with E-state index in [-0.39, 0.29) is 5.28 Å². The smallest absolute Gasteiger partial charge is 0.225 e. The molecular formula is C15H13BrClN3S. The van der Waals surface area contributed by atoms with Gasteiger partial charge in [0.15, 0.2) is 0 Å². The first-order chi connectivity index (χ1) is 10.0. The molecule has 0 saturated heterocycles. The number of hydrogen-bond donors (Lipinski definition) is 1. The topological polar surface area (TPSA) is 37.8 Å². The number of benzene rings is 1. The maximum absolute atomic E-state index is 6.04. The number of halogens is 2. The molecule has 0 bridgehead atoms. The largest absolute Gasteiger partial charge is 0.340 e. The third-order valence-electron chi connectivity index (χ3n) is 3.07. The molecule has 3 aromatic rings. The van der Waals surface area contributed by atoms with Gasteiger partial charge in [0.05, 0.1) is 5.39 Å². The fourth-order valence-electron chi connectivity index (χ4n) is 2.16. The SMILES string of the molecule is CCc1cc2c(Nc3cc(C)cc(Br)c3)nc(Cl)nc2s1. The van der Waals surface area contributed by atoms with E-state index in [4.69, 9.17) is 11.6 Å². The Labute approximate surface area is 140 Å². The predicted molar refractivity (Wildman–Crippen MR) is 94.0 cm³/mol. The van der Waals surface area contributed by atoms with Crippen molar-refractivity contribution in [1.29, 1.82) is 0 Å². The highest BCUT2D eigenvalue weighted by Gasteiger charge is 2.11. The summed E-state index contributed by atoms with van der Waals surface area (Å²) in [6, 6.07) is 8.28. The van der Waals surface area contributed by atoms with Crippen molar-refractivity contribution in [3.8, 4) is 0 Å². The molecule has 2 heterocycles. The van der Waals surface area contributed by atoms with E-state index in [9.17, 15) is 0 Å². The second-order valence-corrected chi connectivity index (χ2v) is 7.14. The summed E-state index contributed by atoms with van der Waals surface area (Å²) in [6.07, 6.45) is 0.980. The molecule has 3 nitrogen and oxygen atoms in total. The fourth-order valence-corrected chi connectivity index (χ4v) is 3.95. The molecule has 0 saturated carbocycles. The zero-order chi connectivity index (χ0) is 15.0. The van der Waals surface area contributed by atoms with Crippen molar-refractivity contribution in [2.45, 2.75) is 20.3 Å². The Morgan fingerprint density at radius 3 is 2.76 bits per heavy atom. The van der Waals surface area contributed by atoms with Gasteiger partial charge in [0, 0.05) is 15.0 Å². The Bertz CT molecular complexity index is 796. The number of aromatic nitrogens is 2. The summed E-state index contributed by atoms with van der Waals surface area (Å²) >= 11 is 11.2. The third-order valence-corrected chi connectivity index (χ3v) is 4.87. The lowest BCUT2D eigenvalue weighted by Crippen LogP contribution is -1.96. The van der Waals surface area contributed by atoms with E-state index >= 15 is 0 Å². The quantitative estimate of drug-likeness (QED) is 0.588. The van der Waals surface area contributed by atoms with Crippen molar-refractivity contribution >= 4 is 60.6 Å². The maximum atomic E-state index is 6.04. The van der Waals surface area contributed by atoms with Gasteiger partial charge in [-0.05, 0) is 54.8 Å². The molecule has 0 radical (unpaired) electrons. The third kappa shape index (κ3) is 3.20.